The molecule has 0 aliphatic carbocycles. The van der Waals surface area contributed by atoms with Crippen LogP contribution in [0.2, 0.25) is 5.02 Å². The van der Waals surface area contributed by atoms with E-state index in [1.165, 1.54) is 0 Å². The van der Waals surface area contributed by atoms with Crippen LogP contribution in [0, 0.1) is 6.92 Å². The second-order valence-corrected chi connectivity index (χ2v) is 5.68. The Balaban J connectivity index is 1.76. The van der Waals surface area contributed by atoms with Crippen molar-refractivity contribution < 1.29 is 9.53 Å². The van der Waals surface area contributed by atoms with E-state index in [0.717, 1.165) is 22.6 Å². The molecular weight excluding hydrogens is 312 g/mol. The number of nitrogens with one attached hydrogen (secondary N) is 2. The summed E-state index contributed by atoms with van der Waals surface area (Å²) in [6.07, 6.45) is 0.400. The predicted octanol–water partition coefficient (Wildman–Crippen LogP) is 3.78. The van der Waals surface area contributed by atoms with E-state index in [1.54, 1.807) is 13.2 Å². The number of benzene rings is 2. The first-order valence-corrected chi connectivity index (χ1v) is 7.86. The van der Waals surface area contributed by atoms with Crippen molar-refractivity contribution in [3.63, 3.8) is 0 Å². The molecule has 2 N–H and O–H groups in total. The number of para-hydroxylation sites is 1. The Morgan fingerprint density at radius 1 is 1.22 bits per heavy atom. The second-order valence-electron chi connectivity index (χ2n) is 5.25. The molecule has 122 valence electrons. The largest absolute Gasteiger partial charge is 0.496 e. The van der Waals surface area contributed by atoms with Gasteiger partial charge in [0.05, 0.1) is 7.11 Å². The van der Waals surface area contributed by atoms with E-state index >= 15 is 0 Å². The highest BCUT2D eigenvalue weighted by Crippen LogP contribution is 2.19. The number of methoxy groups -OCH3 is 1. The fourth-order valence-electron chi connectivity index (χ4n) is 2.25. The Kier molecular flexibility index (Phi) is 6.44. The van der Waals surface area contributed by atoms with Crippen molar-refractivity contribution in [3.05, 3.63) is 58.6 Å². The van der Waals surface area contributed by atoms with Crippen LogP contribution in [0.3, 0.4) is 0 Å². The van der Waals surface area contributed by atoms with Crippen LogP contribution in [0.4, 0.5) is 5.69 Å². The molecule has 0 spiro atoms. The number of carbonyl (C=O) groups is 1. The van der Waals surface area contributed by atoms with Gasteiger partial charge in [0, 0.05) is 35.8 Å². The summed E-state index contributed by atoms with van der Waals surface area (Å²) >= 11 is 5.91. The molecule has 5 heteroatoms. The number of halogens is 1. The van der Waals surface area contributed by atoms with Crippen molar-refractivity contribution in [2.75, 3.05) is 19.0 Å². The summed E-state index contributed by atoms with van der Waals surface area (Å²) in [7, 11) is 1.65. The number of amides is 1. The van der Waals surface area contributed by atoms with E-state index in [1.807, 2.05) is 43.3 Å². The van der Waals surface area contributed by atoms with E-state index in [2.05, 4.69) is 10.6 Å². The second kappa shape index (κ2) is 8.56. The van der Waals surface area contributed by atoms with Crippen LogP contribution in [0.1, 0.15) is 17.5 Å². The van der Waals surface area contributed by atoms with Crippen molar-refractivity contribution in [1.82, 2.24) is 5.32 Å². The van der Waals surface area contributed by atoms with Gasteiger partial charge in [0.1, 0.15) is 5.75 Å². The third-order valence-electron chi connectivity index (χ3n) is 3.50. The minimum absolute atomic E-state index is 0.0250. The van der Waals surface area contributed by atoms with Gasteiger partial charge in [-0.25, -0.2) is 0 Å². The zero-order chi connectivity index (χ0) is 16.7. The van der Waals surface area contributed by atoms with E-state index in [9.17, 15) is 4.79 Å². The summed E-state index contributed by atoms with van der Waals surface area (Å²) < 4.78 is 5.30. The molecule has 0 saturated heterocycles. The van der Waals surface area contributed by atoms with Gasteiger partial charge in [0.25, 0.3) is 0 Å². The molecule has 0 aliphatic heterocycles. The van der Waals surface area contributed by atoms with Gasteiger partial charge in [-0.05, 0) is 36.8 Å². The number of ether oxygens (including phenoxy) is 1. The van der Waals surface area contributed by atoms with Crippen LogP contribution in [-0.2, 0) is 11.3 Å². The van der Waals surface area contributed by atoms with Crippen LogP contribution in [-0.4, -0.2) is 19.6 Å². The number of hydrogen-bond acceptors (Lipinski definition) is 3. The normalized spacial score (nSPS) is 10.4. The van der Waals surface area contributed by atoms with Gasteiger partial charge in [0.15, 0.2) is 0 Å². The van der Waals surface area contributed by atoms with Crippen molar-refractivity contribution >= 4 is 23.2 Å². The molecule has 2 aromatic carbocycles. The molecule has 0 unspecified atom stereocenters. The molecule has 4 nitrogen and oxygen atoms in total. The average Bonchev–Trinajstić information content (AvgIpc) is 2.54. The van der Waals surface area contributed by atoms with Crippen LogP contribution < -0.4 is 15.4 Å². The number of aryl methyl sites for hydroxylation is 1. The van der Waals surface area contributed by atoms with Crippen LogP contribution in [0.25, 0.3) is 0 Å². The standard InChI is InChI=1S/C18H21ClN2O2/c1-13-11-15(19)7-8-16(13)21-18(22)9-10-20-12-14-5-3-4-6-17(14)23-2/h3-8,11,20H,9-10,12H2,1-2H3,(H,21,22). The Hall–Kier alpha value is -2.04. The molecule has 0 saturated carbocycles. The Labute approximate surface area is 141 Å². The summed E-state index contributed by atoms with van der Waals surface area (Å²) in [4.78, 5) is 12.0. The average molecular weight is 333 g/mol. The molecular formula is C18H21ClN2O2. The number of carbonyl (C=O) groups excluding carboxylic acids is 1. The van der Waals surface area contributed by atoms with Crippen molar-refractivity contribution in [1.29, 1.82) is 0 Å². The summed E-state index contributed by atoms with van der Waals surface area (Å²) in [5, 5.41) is 6.82. The lowest BCUT2D eigenvalue weighted by Gasteiger charge is -2.10. The third kappa shape index (κ3) is 5.27. The summed E-state index contributed by atoms with van der Waals surface area (Å²) in [5.74, 6) is 0.823. The fourth-order valence-corrected chi connectivity index (χ4v) is 2.48. The molecule has 0 atom stereocenters. The predicted molar refractivity (Wildman–Crippen MR) is 94.1 cm³/mol. The molecule has 0 radical (unpaired) electrons. The quantitative estimate of drug-likeness (QED) is 0.759. The highest BCUT2D eigenvalue weighted by Gasteiger charge is 2.06. The van der Waals surface area contributed by atoms with Crippen molar-refractivity contribution in [3.8, 4) is 5.75 Å². The van der Waals surface area contributed by atoms with Crippen LogP contribution in [0.15, 0.2) is 42.5 Å². The van der Waals surface area contributed by atoms with Gasteiger partial charge < -0.3 is 15.4 Å². The van der Waals surface area contributed by atoms with E-state index < -0.39 is 0 Å². The molecule has 0 aliphatic rings. The van der Waals surface area contributed by atoms with Gasteiger partial charge in [-0.15, -0.1) is 0 Å². The van der Waals surface area contributed by atoms with E-state index in [4.69, 9.17) is 16.3 Å². The highest BCUT2D eigenvalue weighted by molar-refractivity contribution is 6.30. The SMILES string of the molecule is COc1ccccc1CNCCC(=O)Nc1ccc(Cl)cc1C. The Bertz CT molecular complexity index is 674. The molecule has 2 rings (SSSR count). The Morgan fingerprint density at radius 2 is 2.00 bits per heavy atom. The zero-order valence-electron chi connectivity index (χ0n) is 13.4. The third-order valence-corrected chi connectivity index (χ3v) is 3.73. The van der Waals surface area contributed by atoms with Gasteiger partial charge >= 0.3 is 0 Å². The molecule has 0 bridgehead atoms. The summed E-state index contributed by atoms with van der Waals surface area (Å²) in [5.41, 5.74) is 2.82. The van der Waals surface area contributed by atoms with Crippen LogP contribution in [0.5, 0.6) is 5.75 Å². The summed E-state index contributed by atoms with van der Waals surface area (Å²) in [6.45, 7) is 3.18. The van der Waals surface area contributed by atoms with Gasteiger partial charge in [-0.3, -0.25) is 4.79 Å². The molecule has 1 amide bonds. The van der Waals surface area contributed by atoms with Crippen LogP contribution >= 0.6 is 11.6 Å². The van der Waals surface area contributed by atoms with Gasteiger partial charge in [0.2, 0.25) is 5.91 Å². The minimum atomic E-state index is -0.0250. The highest BCUT2D eigenvalue weighted by atomic mass is 35.5. The van der Waals surface area contributed by atoms with E-state index in [0.29, 0.717) is 24.5 Å². The van der Waals surface area contributed by atoms with Gasteiger partial charge in [-0.1, -0.05) is 29.8 Å². The van der Waals surface area contributed by atoms with Crippen molar-refractivity contribution in [2.24, 2.45) is 0 Å². The first-order valence-electron chi connectivity index (χ1n) is 7.49. The minimum Gasteiger partial charge on any atom is -0.496 e. The smallest absolute Gasteiger partial charge is 0.225 e. The topological polar surface area (TPSA) is 50.4 Å². The number of anilines is 1. The lowest BCUT2D eigenvalue weighted by molar-refractivity contribution is -0.116. The first kappa shape index (κ1) is 17.3. The Morgan fingerprint density at radius 3 is 2.74 bits per heavy atom. The molecule has 0 heterocycles. The monoisotopic (exact) mass is 332 g/mol. The lowest BCUT2D eigenvalue weighted by Crippen LogP contribution is -2.22. The maximum atomic E-state index is 12.0. The zero-order valence-corrected chi connectivity index (χ0v) is 14.1. The molecule has 23 heavy (non-hydrogen) atoms. The first-order chi connectivity index (χ1) is 11.1. The molecule has 0 aromatic heterocycles. The number of rotatable bonds is 7. The maximum absolute atomic E-state index is 12.0. The molecule has 0 fully saturated rings. The number of hydrogen-bond donors (Lipinski definition) is 2. The summed E-state index contributed by atoms with van der Waals surface area (Å²) in [6, 6.07) is 13.2. The lowest BCUT2D eigenvalue weighted by atomic mass is 10.2. The maximum Gasteiger partial charge on any atom is 0.225 e. The van der Waals surface area contributed by atoms with E-state index in [-0.39, 0.29) is 5.91 Å². The fraction of sp³-hybridized carbons (Fsp3) is 0.278. The molecule has 2 aromatic rings. The van der Waals surface area contributed by atoms with Gasteiger partial charge in [-0.2, -0.15) is 0 Å². The van der Waals surface area contributed by atoms with Crippen molar-refractivity contribution in [2.45, 2.75) is 19.9 Å².